The summed E-state index contributed by atoms with van der Waals surface area (Å²) < 4.78 is 36.1. The Labute approximate surface area is 228 Å². The molecule has 5 rings (SSSR count). The minimum Gasteiger partial charge on any atom is -0.381 e. The predicted molar refractivity (Wildman–Crippen MR) is 147 cm³/mol. The number of carbonyl (C=O) groups is 1. The minimum atomic E-state index is -3.91. The lowest BCUT2D eigenvalue weighted by atomic mass is 9.82. The fraction of sp³-hybridized carbons (Fsp3) is 0.296. The third-order valence-electron chi connectivity index (χ3n) is 6.97. The standard InChI is InChI=1S/C27H26Br2N2O4S/c1-18-16-19-4-2-3-5-24(19)31(18)36(33,34)25-17-20(6-11-23(25)29)26(32)30-27(12-14-35-15-13-27)21-7-9-22(28)10-8-21/h2-11,17-18H,12-16H2,1H3,(H,30,32). The molecule has 188 valence electrons. The van der Waals surface area contributed by atoms with Crippen LogP contribution in [-0.4, -0.2) is 33.6 Å². The SMILES string of the molecule is CC1Cc2ccccc2N1S(=O)(=O)c1cc(C(=O)NC2(c3ccc(Br)cc3)CCOCC2)ccc1Br. The molecule has 2 heterocycles. The molecule has 0 spiro atoms. The molecule has 1 atom stereocenters. The van der Waals surface area contributed by atoms with E-state index in [1.165, 1.54) is 10.4 Å². The summed E-state index contributed by atoms with van der Waals surface area (Å²) in [4.78, 5) is 13.6. The van der Waals surface area contributed by atoms with Gasteiger partial charge in [0, 0.05) is 33.8 Å². The van der Waals surface area contributed by atoms with Crippen molar-refractivity contribution < 1.29 is 17.9 Å². The lowest BCUT2D eigenvalue weighted by Crippen LogP contribution is -2.49. The van der Waals surface area contributed by atoms with Gasteiger partial charge in [-0.1, -0.05) is 46.3 Å². The lowest BCUT2D eigenvalue weighted by Gasteiger charge is -2.38. The van der Waals surface area contributed by atoms with E-state index in [-0.39, 0.29) is 16.8 Å². The van der Waals surface area contributed by atoms with Gasteiger partial charge in [-0.15, -0.1) is 0 Å². The Morgan fingerprint density at radius 3 is 2.44 bits per heavy atom. The van der Waals surface area contributed by atoms with Crippen LogP contribution in [-0.2, 0) is 26.7 Å². The van der Waals surface area contributed by atoms with Crippen LogP contribution in [0.5, 0.6) is 0 Å². The van der Waals surface area contributed by atoms with E-state index in [4.69, 9.17) is 4.74 Å². The van der Waals surface area contributed by atoms with Crippen molar-refractivity contribution in [3.63, 3.8) is 0 Å². The number of nitrogens with one attached hydrogen (secondary N) is 1. The summed E-state index contributed by atoms with van der Waals surface area (Å²) in [6.45, 7) is 2.96. The zero-order chi connectivity index (χ0) is 25.5. The van der Waals surface area contributed by atoms with Crippen LogP contribution in [0.2, 0.25) is 0 Å². The van der Waals surface area contributed by atoms with Gasteiger partial charge in [0.25, 0.3) is 15.9 Å². The maximum absolute atomic E-state index is 13.9. The number of benzene rings is 3. The molecule has 1 amide bonds. The molecule has 6 nitrogen and oxygen atoms in total. The van der Waals surface area contributed by atoms with Crippen LogP contribution in [0.3, 0.4) is 0 Å². The normalized spacial score (nSPS) is 19.1. The summed E-state index contributed by atoms with van der Waals surface area (Å²) in [6, 6.07) is 20.0. The average molecular weight is 634 g/mol. The maximum Gasteiger partial charge on any atom is 0.265 e. The van der Waals surface area contributed by atoms with Crippen LogP contribution < -0.4 is 9.62 Å². The number of para-hydroxylation sites is 1. The molecule has 9 heteroatoms. The summed E-state index contributed by atoms with van der Waals surface area (Å²) in [6.07, 6.45) is 1.90. The molecular formula is C27H26Br2N2O4S. The molecule has 0 saturated carbocycles. The Balaban J connectivity index is 1.49. The number of sulfonamides is 1. The van der Waals surface area contributed by atoms with Crippen molar-refractivity contribution in [3.05, 3.63) is 92.4 Å². The Morgan fingerprint density at radius 1 is 1.03 bits per heavy atom. The first-order chi connectivity index (χ1) is 17.2. The Bertz CT molecular complexity index is 1400. The van der Waals surface area contributed by atoms with Crippen LogP contribution in [0.25, 0.3) is 0 Å². The number of ether oxygens (including phenoxy) is 1. The van der Waals surface area contributed by atoms with E-state index in [1.807, 2.05) is 55.5 Å². The molecule has 3 aromatic carbocycles. The van der Waals surface area contributed by atoms with Gasteiger partial charge in [0.2, 0.25) is 0 Å². The van der Waals surface area contributed by atoms with E-state index in [9.17, 15) is 13.2 Å². The first-order valence-electron chi connectivity index (χ1n) is 11.8. The second-order valence-electron chi connectivity index (χ2n) is 9.28. The van der Waals surface area contributed by atoms with Crippen molar-refractivity contribution in [2.45, 2.75) is 42.7 Å². The smallest absolute Gasteiger partial charge is 0.265 e. The zero-order valence-electron chi connectivity index (χ0n) is 19.7. The van der Waals surface area contributed by atoms with Crippen molar-refractivity contribution in [2.24, 2.45) is 0 Å². The van der Waals surface area contributed by atoms with Crippen LogP contribution in [0, 0.1) is 0 Å². The third kappa shape index (κ3) is 4.62. The van der Waals surface area contributed by atoms with Crippen LogP contribution in [0.15, 0.2) is 80.6 Å². The largest absolute Gasteiger partial charge is 0.381 e. The summed E-state index contributed by atoms with van der Waals surface area (Å²) in [5, 5.41) is 3.22. The van der Waals surface area contributed by atoms with Gasteiger partial charge in [-0.3, -0.25) is 9.10 Å². The van der Waals surface area contributed by atoms with Crippen molar-refractivity contribution in [1.29, 1.82) is 0 Å². The molecule has 0 radical (unpaired) electrons. The monoisotopic (exact) mass is 632 g/mol. The highest BCUT2D eigenvalue weighted by Gasteiger charge is 2.39. The number of amides is 1. The molecule has 0 aromatic heterocycles. The maximum atomic E-state index is 13.9. The van der Waals surface area contributed by atoms with Gasteiger partial charge in [-0.2, -0.15) is 0 Å². The van der Waals surface area contributed by atoms with Crippen molar-refractivity contribution in [2.75, 3.05) is 17.5 Å². The van der Waals surface area contributed by atoms with E-state index < -0.39 is 15.6 Å². The fourth-order valence-corrected chi connectivity index (χ4v) is 8.03. The molecule has 36 heavy (non-hydrogen) atoms. The second kappa shape index (κ2) is 9.93. The minimum absolute atomic E-state index is 0.0726. The highest BCUT2D eigenvalue weighted by molar-refractivity contribution is 9.10. The summed E-state index contributed by atoms with van der Waals surface area (Å²) in [7, 11) is -3.91. The van der Waals surface area contributed by atoms with Crippen molar-refractivity contribution in [3.8, 4) is 0 Å². The molecule has 0 aliphatic carbocycles. The Hall–Kier alpha value is -2.20. The molecular weight excluding hydrogens is 608 g/mol. The molecule has 2 aliphatic rings. The molecule has 2 aliphatic heterocycles. The van der Waals surface area contributed by atoms with E-state index in [0.29, 0.717) is 48.2 Å². The highest BCUT2D eigenvalue weighted by atomic mass is 79.9. The van der Waals surface area contributed by atoms with Gasteiger partial charge < -0.3 is 10.1 Å². The van der Waals surface area contributed by atoms with Gasteiger partial charge in [0.1, 0.15) is 4.90 Å². The number of halogens is 2. The van der Waals surface area contributed by atoms with Crippen LogP contribution in [0.1, 0.15) is 41.3 Å². The first-order valence-corrected chi connectivity index (χ1v) is 14.8. The van der Waals surface area contributed by atoms with E-state index >= 15 is 0 Å². The van der Waals surface area contributed by atoms with Gasteiger partial charge in [0.05, 0.1) is 11.2 Å². The molecule has 1 unspecified atom stereocenters. The Morgan fingerprint density at radius 2 is 1.72 bits per heavy atom. The number of nitrogens with zero attached hydrogens (tertiary/aromatic N) is 1. The number of hydrogen-bond acceptors (Lipinski definition) is 4. The van der Waals surface area contributed by atoms with Gasteiger partial charge >= 0.3 is 0 Å². The Kier molecular flexibility index (Phi) is 7.02. The fourth-order valence-electron chi connectivity index (χ4n) is 5.12. The number of carbonyl (C=O) groups excluding carboxylic acids is 1. The second-order valence-corrected chi connectivity index (χ2v) is 12.8. The third-order valence-corrected chi connectivity index (χ3v) is 10.4. The van der Waals surface area contributed by atoms with Gasteiger partial charge in [-0.05, 0) is 89.6 Å². The van der Waals surface area contributed by atoms with Crippen molar-refractivity contribution in [1.82, 2.24) is 5.32 Å². The molecule has 0 bridgehead atoms. The van der Waals surface area contributed by atoms with E-state index in [2.05, 4.69) is 37.2 Å². The number of fused-ring (bicyclic) bond motifs is 1. The van der Waals surface area contributed by atoms with Gasteiger partial charge in [-0.25, -0.2) is 8.42 Å². The number of anilines is 1. The number of hydrogen-bond donors (Lipinski definition) is 1. The molecule has 1 N–H and O–H groups in total. The zero-order valence-corrected chi connectivity index (χ0v) is 23.7. The van der Waals surface area contributed by atoms with Crippen molar-refractivity contribution >= 4 is 53.5 Å². The molecule has 3 aromatic rings. The number of rotatable bonds is 5. The average Bonchev–Trinajstić information content (AvgIpc) is 3.21. The van der Waals surface area contributed by atoms with Crippen LogP contribution in [0.4, 0.5) is 5.69 Å². The predicted octanol–water partition coefficient (Wildman–Crippen LogP) is 5.79. The summed E-state index contributed by atoms with van der Waals surface area (Å²) in [5.41, 5.74) is 2.37. The lowest BCUT2D eigenvalue weighted by molar-refractivity contribution is 0.0345. The van der Waals surface area contributed by atoms with E-state index in [0.717, 1.165) is 15.6 Å². The first kappa shape index (κ1) is 25.4. The summed E-state index contributed by atoms with van der Waals surface area (Å²) >= 11 is 6.89. The van der Waals surface area contributed by atoms with E-state index in [1.54, 1.807) is 12.1 Å². The molecule has 1 saturated heterocycles. The summed E-state index contributed by atoms with van der Waals surface area (Å²) in [5.74, 6) is -0.321. The van der Waals surface area contributed by atoms with Gasteiger partial charge in [0.15, 0.2) is 0 Å². The topological polar surface area (TPSA) is 75.7 Å². The highest BCUT2D eigenvalue weighted by Crippen LogP contribution is 2.39. The molecule has 1 fully saturated rings. The van der Waals surface area contributed by atoms with Crippen LogP contribution >= 0.6 is 31.9 Å². The quantitative estimate of drug-likeness (QED) is 0.386.